The van der Waals surface area contributed by atoms with Crippen LogP contribution in [0.4, 0.5) is 4.79 Å². The number of aliphatic hydroxyl groups is 1. The highest BCUT2D eigenvalue weighted by Crippen LogP contribution is 2.25. The molecule has 0 radical (unpaired) electrons. The smallest absolute Gasteiger partial charge is 0.407 e. The summed E-state index contributed by atoms with van der Waals surface area (Å²) in [4.78, 5) is 25.2. The van der Waals surface area contributed by atoms with Gasteiger partial charge in [0.1, 0.15) is 5.60 Å². The molecule has 0 aromatic carbocycles. The number of likely N-dealkylation sites (N-methyl/N-ethyl adjacent to an activating group) is 1. The first-order chi connectivity index (χ1) is 9.76. The van der Waals surface area contributed by atoms with E-state index in [2.05, 4.69) is 10.6 Å². The molecule has 0 fully saturated rings. The highest BCUT2D eigenvalue weighted by atomic mass is 32.1. The number of carbonyl (C=O) groups excluding carboxylic acids is 2. The molecule has 0 bridgehead atoms. The lowest BCUT2D eigenvalue weighted by Crippen LogP contribution is -2.38. The Bertz CT molecular complexity index is 493. The summed E-state index contributed by atoms with van der Waals surface area (Å²) in [7, 11) is 1.55. The Hall–Kier alpha value is -1.60. The third kappa shape index (κ3) is 5.73. The minimum Gasteiger partial charge on any atom is -0.444 e. The molecule has 0 spiro atoms. The van der Waals surface area contributed by atoms with Crippen molar-refractivity contribution in [3.8, 4) is 0 Å². The molecule has 0 aliphatic rings. The molecule has 1 unspecified atom stereocenters. The van der Waals surface area contributed by atoms with Gasteiger partial charge in [0.15, 0.2) is 0 Å². The number of alkyl carbamates (subject to hydrolysis) is 1. The number of ether oxygens (including phenoxy) is 1. The van der Waals surface area contributed by atoms with Crippen LogP contribution < -0.4 is 10.6 Å². The lowest BCUT2D eigenvalue weighted by atomic mass is 10.1. The van der Waals surface area contributed by atoms with Crippen molar-refractivity contribution in [3.63, 3.8) is 0 Å². The minimum absolute atomic E-state index is 0.0649. The predicted molar refractivity (Wildman–Crippen MR) is 81.3 cm³/mol. The fourth-order valence-electron chi connectivity index (χ4n) is 1.66. The Kier molecular flexibility index (Phi) is 6.17. The third-order valence-corrected chi connectivity index (χ3v) is 3.78. The van der Waals surface area contributed by atoms with E-state index >= 15 is 0 Å². The van der Waals surface area contributed by atoms with Crippen molar-refractivity contribution in [3.05, 3.63) is 21.9 Å². The summed E-state index contributed by atoms with van der Waals surface area (Å²) in [5.41, 5.74) is -0.584. The second-order valence-electron chi connectivity index (χ2n) is 5.51. The van der Waals surface area contributed by atoms with Crippen molar-refractivity contribution in [1.82, 2.24) is 10.6 Å². The van der Waals surface area contributed by atoms with Gasteiger partial charge in [-0.2, -0.15) is 0 Å². The molecular formula is C14H22N2O4S. The third-order valence-electron chi connectivity index (χ3n) is 2.59. The summed E-state index contributed by atoms with van der Waals surface area (Å²) in [6.07, 6.45) is -0.560. The first-order valence-electron chi connectivity index (χ1n) is 6.64. The Morgan fingerprint density at radius 1 is 1.38 bits per heavy atom. The van der Waals surface area contributed by atoms with Gasteiger partial charge in [-0.3, -0.25) is 4.79 Å². The fourth-order valence-corrected chi connectivity index (χ4v) is 2.64. The maximum absolute atomic E-state index is 11.9. The Balaban J connectivity index is 2.71. The van der Waals surface area contributed by atoms with Gasteiger partial charge >= 0.3 is 6.09 Å². The molecule has 1 atom stereocenters. The van der Waals surface area contributed by atoms with Crippen LogP contribution in [0, 0.1) is 0 Å². The van der Waals surface area contributed by atoms with Gasteiger partial charge in [-0.25, -0.2) is 4.79 Å². The second-order valence-corrected chi connectivity index (χ2v) is 6.71. The molecule has 7 heteroatoms. The van der Waals surface area contributed by atoms with Gasteiger partial charge in [-0.15, -0.1) is 11.3 Å². The molecule has 1 aromatic rings. The van der Waals surface area contributed by atoms with Crippen LogP contribution in [-0.4, -0.2) is 36.3 Å². The molecule has 2 amide bonds. The molecule has 3 N–H and O–H groups in total. The van der Waals surface area contributed by atoms with Crippen LogP contribution in [0.1, 0.15) is 36.4 Å². The molecule has 118 valence electrons. The van der Waals surface area contributed by atoms with E-state index in [-0.39, 0.29) is 19.1 Å². The van der Waals surface area contributed by atoms with E-state index in [1.54, 1.807) is 40.0 Å². The minimum atomic E-state index is -0.584. The van der Waals surface area contributed by atoms with Gasteiger partial charge < -0.3 is 20.5 Å². The monoisotopic (exact) mass is 314 g/mol. The van der Waals surface area contributed by atoms with E-state index in [0.717, 1.165) is 9.75 Å². The van der Waals surface area contributed by atoms with E-state index in [9.17, 15) is 9.59 Å². The van der Waals surface area contributed by atoms with E-state index in [4.69, 9.17) is 9.84 Å². The van der Waals surface area contributed by atoms with Crippen molar-refractivity contribution in [2.75, 3.05) is 13.6 Å². The molecule has 1 aromatic heterocycles. The molecular weight excluding hydrogens is 292 g/mol. The number of carbonyl (C=O) groups is 2. The van der Waals surface area contributed by atoms with Crippen LogP contribution in [-0.2, 0) is 16.1 Å². The fraction of sp³-hybridized carbons (Fsp3) is 0.571. The van der Waals surface area contributed by atoms with Crippen LogP contribution in [0.3, 0.4) is 0 Å². The number of hydrogen-bond acceptors (Lipinski definition) is 5. The molecule has 0 aliphatic heterocycles. The number of thiophene rings is 1. The normalized spacial score (nSPS) is 12.6. The summed E-state index contributed by atoms with van der Waals surface area (Å²) >= 11 is 1.35. The zero-order chi connectivity index (χ0) is 16.0. The molecule has 1 rings (SSSR count). The highest BCUT2D eigenvalue weighted by molar-refractivity contribution is 7.12. The summed E-state index contributed by atoms with van der Waals surface area (Å²) in [5.74, 6) is -0.704. The van der Waals surface area contributed by atoms with Crippen LogP contribution in [0.15, 0.2) is 12.1 Å². The van der Waals surface area contributed by atoms with Crippen molar-refractivity contribution < 1.29 is 19.4 Å². The number of rotatable bonds is 5. The van der Waals surface area contributed by atoms with E-state index in [1.807, 2.05) is 0 Å². The summed E-state index contributed by atoms with van der Waals surface area (Å²) in [6.45, 7) is 5.39. The van der Waals surface area contributed by atoms with Crippen molar-refractivity contribution in [1.29, 1.82) is 0 Å². The molecule has 0 aliphatic carbocycles. The van der Waals surface area contributed by atoms with Crippen LogP contribution >= 0.6 is 11.3 Å². The lowest BCUT2D eigenvalue weighted by molar-refractivity contribution is -0.121. The quantitative estimate of drug-likeness (QED) is 0.770. The average Bonchev–Trinajstić information content (AvgIpc) is 2.85. The van der Waals surface area contributed by atoms with Gasteiger partial charge in [0.25, 0.3) is 0 Å². The standard InChI is InChI=1S/C14H22N2O4S/c1-14(2,3)20-13(19)16-7-10(12(18)15-4)11-6-5-9(8-17)21-11/h5-6,10,17H,7-8H2,1-4H3,(H,15,18)(H,16,19). The molecule has 21 heavy (non-hydrogen) atoms. The topological polar surface area (TPSA) is 87.7 Å². The highest BCUT2D eigenvalue weighted by Gasteiger charge is 2.23. The van der Waals surface area contributed by atoms with E-state index < -0.39 is 17.6 Å². The zero-order valence-electron chi connectivity index (χ0n) is 12.7. The molecule has 0 saturated carbocycles. The van der Waals surface area contributed by atoms with Crippen molar-refractivity contribution in [2.45, 2.75) is 38.9 Å². The number of amides is 2. The summed E-state index contributed by atoms with van der Waals surface area (Å²) < 4.78 is 5.15. The SMILES string of the molecule is CNC(=O)C(CNC(=O)OC(C)(C)C)c1ccc(CO)s1. The van der Waals surface area contributed by atoms with Gasteiger partial charge in [0, 0.05) is 23.3 Å². The predicted octanol–water partition coefficient (Wildman–Crippen LogP) is 1.59. The number of hydrogen-bond donors (Lipinski definition) is 3. The van der Waals surface area contributed by atoms with Crippen LogP contribution in [0.25, 0.3) is 0 Å². The molecule has 0 saturated heterocycles. The Labute approximate surface area is 128 Å². The zero-order valence-corrected chi connectivity index (χ0v) is 13.5. The van der Waals surface area contributed by atoms with Gasteiger partial charge in [-0.1, -0.05) is 0 Å². The number of aliphatic hydroxyl groups excluding tert-OH is 1. The maximum Gasteiger partial charge on any atom is 0.407 e. The first kappa shape index (κ1) is 17.5. The molecule has 6 nitrogen and oxygen atoms in total. The van der Waals surface area contributed by atoms with E-state index in [0.29, 0.717) is 0 Å². The van der Waals surface area contributed by atoms with Crippen LogP contribution in [0.5, 0.6) is 0 Å². The summed E-state index contributed by atoms with van der Waals surface area (Å²) in [6, 6.07) is 3.55. The van der Waals surface area contributed by atoms with Crippen molar-refractivity contribution >= 4 is 23.3 Å². The lowest BCUT2D eigenvalue weighted by Gasteiger charge is -2.21. The largest absolute Gasteiger partial charge is 0.444 e. The average molecular weight is 314 g/mol. The van der Waals surface area contributed by atoms with Gasteiger partial charge in [-0.05, 0) is 32.9 Å². The van der Waals surface area contributed by atoms with E-state index in [1.165, 1.54) is 11.3 Å². The summed E-state index contributed by atoms with van der Waals surface area (Å²) in [5, 5.41) is 14.3. The molecule has 1 heterocycles. The Morgan fingerprint density at radius 2 is 2.05 bits per heavy atom. The number of nitrogens with one attached hydrogen (secondary N) is 2. The van der Waals surface area contributed by atoms with Crippen LogP contribution in [0.2, 0.25) is 0 Å². The van der Waals surface area contributed by atoms with Gasteiger partial charge in [0.2, 0.25) is 5.91 Å². The first-order valence-corrected chi connectivity index (χ1v) is 7.46. The van der Waals surface area contributed by atoms with Crippen molar-refractivity contribution in [2.24, 2.45) is 0 Å². The maximum atomic E-state index is 11.9. The Morgan fingerprint density at radius 3 is 2.52 bits per heavy atom. The van der Waals surface area contributed by atoms with Gasteiger partial charge in [0.05, 0.1) is 12.5 Å². The second kappa shape index (κ2) is 7.42.